The van der Waals surface area contributed by atoms with Gasteiger partial charge in [-0.3, -0.25) is 15.0 Å². The van der Waals surface area contributed by atoms with Gasteiger partial charge < -0.3 is 4.42 Å². The third-order valence-corrected chi connectivity index (χ3v) is 26.9. The van der Waals surface area contributed by atoms with Gasteiger partial charge in [0.15, 0.2) is 17.5 Å². The SMILES string of the molecule is CC1(C)c2cc(-c3cccc4c3oc3ccccc34)ccc2-c2nc(-c3ccccc3)nc(-c3ccccn3)c21.CC1(C)c2cc(-c3cccc4c3sc3ccccc34)ccc2-c2nc(-c3ccccc3)nc(-c3ccccn3)c21.CC1(C)c2ccc(-c3cccc4c3sc3ccccc34)cc2-c2nc(-c3ccccc3)nc(-c3ccccn3)c21. The maximum Gasteiger partial charge on any atom is 0.160 e. The van der Waals surface area contributed by atoms with Gasteiger partial charge in [0.1, 0.15) is 11.2 Å². The molecule has 0 saturated heterocycles. The quantitative estimate of drug-likeness (QED) is 0.138. The molecule has 21 aromatic rings. The molecular formula is C108H75N9OS2. The van der Waals surface area contributed by atoms with E-state index in [2.05, 4.69) is 248 Å². The van der Waals surface area contributed by atoms with Gasteiger partial charge in [0.05, 0.1) is 51.2 Å². The van der Waals surface area contributed by atoms with Gasteiger partial charge in [-0.25, -0.2) is 29.9 Å². The Morgan fingerprint density at radius 3 is 1.04 bits per heavy atom. The van der Waals surface area contributed by atoms with Crippen molar-refractivity contribution in [1.82, 2.24) is 44.9 Å². The lowest BCUT2D eigenvalue weighted by Crippen LogP contribution is -2.18. The highest BCUT2D eigenvalue weighted by atomic mass is 32.1. The minimum atomic E-state index is -0.329. The summed E-state index contributed by atoms with van der Waals surface area (Å²) in [6.07, 6.45) is 5.50. The van der Waals surface area contributed by atoms with Gasteiger partial charge in [-0.15, -0.1) is 22.7 Å². The van der Waals surface area contributed by atoms with Crippen LogP contribution < -0.4 is 0 Å². The van der Waals surface area contributed by atoms with E-state index >= 15 is 0 Å². The highest BCUT2D eigenvalue weighted by molar-refractivity contribution is 7.26. The largest absolute Gasteiger partial charge is 0.455 e. The van der Waals surface area contributed by atoms with Gasteiger partial charge in [0.25, 0.3) is 0 Å². The average Bonchev–Trinajstić information content (AvgIpc) is 1.56. The number of para-hydroxylation sites is 2. The van der Waals surface area contributed by atoms with Crippen LogP contribution in [0.15, 0.2) is 351 Å². The van der Waals surface area contributed by atoms with Crippen molar-refractivity contribution in [3.63, 3.8) is 0 Å². The molecule has 0 saturated carbocycles. The average molecular weight is 1580 g/mol. The van der Waals surface area contributed by atoms with Crippen molar-refractivity contribution >= 4 is 85.0 Å². The first-order chi connectivity index (χ1) is 58.8. The molecule has 0 amide bonds. The van der Waals surface area contributed by atoms with E-state index in [9.17, 15) is 0 Å². The number of furan rings is 1. The Kier molecular flexibility index (Phi) is 17.1. The van der Waals surface area contributed by atoms with Crippen LogP contribution in [0.4, 0.5) is 0 Å². The summed E-state index contributed by atoms with van der Waals surface area (Å²) in [5, 5.41) is 7.53. The zero-order valence-electron chi connectivity index (χ0n) is 66.7. The lowest BCUT2D eigenvalue weighted by molar-refractivity contribution is 0.657. The number of thiophene rings is 2. The van der Waals surface area contributed by atoms with Crippen molar-refractivity contribution in [3.8, 4) is 135 Å². The molecule has 0 unspecified atom stereocenters. The van der Waals surface area contributed by atoms with E-state index in [1.165, 1.54) is 90.4 Å². The highest BCUT2D eigenvalue weighted by Gasteiger charge is 2.44. The monoisotopic (exact) mass is 1580 g/mol. The first-order valence-electron chi connectivity index (χ1n) is 40.6. The van der Waals surface area contributed by atoms with Gasteiger partial charge in [0, 0.05) is 142 Å². The molecule has 9 aromatic heterocycles. The van der Waals surface area contributed by atoms with E-state index in [1.807, 2.05) is 163 Å². The molecule has 570 valence electrons. The molecular weight excluding hydrogens is 1500 g/mol. The second kappa shape index (κ2) is 28.4. The highest BCUT2D eigenvalue weighted by Crippen LogP contribution is 2.57. The predicted molar refractivity (Wildman–Crippen MR) is 494 cm³/mol. The molecule has 24 rings (SSSR count). The Hall–Kier alpha value is -14.4. The molecule has 12 heteroatoms. The van der Waals surface area contributed by atoms with Crippen molar-refractivity contribution in [2.75, 3.05) is 0 Å². The lowest BCUT2D eigenvalue weighted by atomic mass is 9.80. The third-order valence-electron chi connectivity index (χ3n) is 24.4. The predicted octanol–water partition coefficient (Wildman–Crippen LogP) is 28.2. The van der Waals surface area contributed by atoms with Gasteiger partial charge in [-0.2, -0.15) is 0 Å². The Bertz CT molecular complexity index is 7370. The van der Waals surface area contributed by atoms with E-state index in [4.69, 9.17) is 49.3 Å². The number of fused-ring (bicyclic) bond motifs is 18. The summed E-state index contributed by atoms with van der Waals surface area (Å²) < 4.78 is 11.7. The molecule has 9 heterocycles. The Morgan fingerprint density at radius 1 is 0.242 bits per heavy atom. The van der Waals surface area contributed by atoms with E-state index in [0.717, 1.165) is 135 Å². The second-order valence-corrected chi connectivity index (χ2v) is 34.7. The molecule has 0 aliphatic heterocycles. The Morgan fingerprint density at radius 2 is 0.592 bits per heavy atom. The zero-order chi connectivity index (χ0) is 80.5. The van der Waals surface area contributed by atoms with Crippen LogP contribution in [-0.2, 0) is 16.2 Å². The number of nitrogens with zero attached hydrogens (tertiary/aromatic N) is 9. The van der Waals surface area contributed by atoms with Crippen LogP contribution in [0.1, 0.15) is 74.9 Å². The first-order valence-corrected chi connectivity index (χ1v) is 42.3. The summed E-state index contributed by atoms with van der Waals surface area (Å²) in [4.78, 5) is 45.1. The molecule has 0 N–H and O–H groups in total. The molecule has 3 aliphatic rings. The fourth-order valence-corrected chi connectivity index (χ4v) is 21.1. The van der Waals surface area contributed by atoms with Gasteiger partial charge >= 0.3 is 0 Å². The summed E-state index contributed by atoms with van der Waals surface area (Å²) in [6.45, 7) is 13.7. The maximum absolute atomic E-state index is 6.38. The molecule has 120 heavy (non-hydrogen) atoms. The van der Waals surface area contributed by atoms with Crippen molar-refractivity contribution in [3.05, 3.63) is 380 Å². The van der Waals surface area contributed by atoms with Gasteiger partial charge in [-0.05, 0) is 117 Å². The van der Waals surface area contributed by atoms with Crippen LogP contribution in [-0.4, -0.2) is 44.9 Å². The van der Waals surface area contributed by atoms with Crippen molar-refractivity contribution in [2.45, 2.75) is 57.8 Å². The van der Waals surface area contributed by atoms with Crippen LogP contribution in [0.2, 0.25) is 0 Å². The molecule has 0 fully saturated rings. The van der Waals surface area contributed by atoms with Crippen molar-refractivity contribution in [2.24, 2.45) is 0 Å². The lowest BCUT2D eigenvalue weighted by Gasteiger charge is -2.24. The Balaban J connectivity index is 0.000000108. The minimum absolute atomic E-state index is 0.269. The number of pyridine rings is 3. The smallest absolute Gasteiger partial charge is 0.160 e. The number of rotatable bonds is 9. The minimum Gasteiger partial charge on any atom is -0.455 e. The maximum atomic E-state index is 6.38. The Labute approximate surface area is 702 Å². The summed E-state index contributed by atoms with van der Waals surface area (Å²) in [5.41, 5.74) is 30.0. The summed E-state index contributed by atoms with van der Waals surface area (Å²) in [7, 11) is 0. The van der Waals surface area contributed by atoms with Crippen molar-refractivity contribution in [1.29, 1.82) is 0 Å². The third kappa shape index (κ3) is 11.8. The van der Waals surface area contributed by atoms with Crippen LogP contribution in [0.5, 0.6) is 0 Å². The summed E-state index contributed by atoms with van der Waals surface area (Å²) >= 11 is 3.74. The number of hydrogen-bond acceptors (Lipinski definition) is 12. The number of aromatic nitrogens is 9. The fourth-order valence-electron chi connectivity index (χ4n) is 18.6. The van der Waals surface area contributed by atoms with Gasteiger partial charge in [0.2, 0.25) is 0 Å². The summed E-state index contributed by atoms with van der Waals surface area (Å²) in [6, 6.07) is 115. The standard InChI is InChI=1S/C36H25N3O.2C36H25N3S/c1-36(2)28-21-23(24-14-10-15-26-25-13-6-7-17-30(25)40-34(24)26)18-19-27(28)32-31(36)33(29-16-8-9-20-37-29)39-35(38-32)22-11-4-3-5-12-22;1-36(2)28-19-18-23(24-14-10-15-26-25-13-6-7-17-30(25)40-34(24)26)21-27(28)32-31(36)33(29-16-8-9-20-37-29)39-35(38-32)22-11-4-3-5-12-22;1-36(2)28-21-23(24-14-10-15-26-25-13-6-7-17-30(25)40-34(24)26)18-19-27(28)32-31(36)33(29-16-8-9-20-37-29)39-35(38-32)22-11-4-3-5-12-22/h3*3-21H,1-2H3. The molecule has 0 bridgehead atoms. The van der Waals surface area contributed by atoms with Gasteiger partial charge in [-0.1, -0.05) is 296 Å². The van der Waals surface area contributed by atoms with E-state index in [1.54, 1.807) is 0 Å². The fraction of sp³-hybridized carbons (Fsp3) is 0.0833. The van der Waals surface area contributed by atoms with E-state index in [-0.39, 0.29) is 16.2 Å². The molecule has 3 aliphatic carbocycles. The number of hydrogen-bond donors (Lipinski definition) is 0. The van der Waals surface area contributed by atoms with Crippen LogP contribution in [0.25, 0.3) is 198 Å². The van der Waals surface area contributed by atoms with Crippen LogP contribution >= 0.6 is 22.7 Å². The first kappa shape index (κ1) is 72.1. The van der Waals surface area contributed by atoms with Crippen molar-refractivity contribution < 1.29 is 4.42 Å². The van der Waals surface area contributed by atoms with Crippen LogP contribution in [0, 0.1) is 0 Å². The molecule has 0 atom stereocenters. The van der Waals surface area contributed by atoms with Crippen LogP contribution in [0.3, 0.4) is 0 Å². The zero-order valence-corrected chi connectivity index (χ0v) is 68.3. The van der Waals surface area contributed by atoms with E-state index < -0.39 is 0 Å². The molecule has 12 aromatic carbocycles. The van der Waals surface area contributed by atoms with E-state index in [0.29, 0.717) is 5.82 Å². The number of benzene rings is 12. The topological polar surface area (TPSA) is 129 Å². The molecule has 0 spiro atoms. The molecule has 10 nitrogen and oxygen atoms in total. The normalized spacial score (nSPS) is 13.4. The molecule has 0 radical (unpaired) electrons. The summed E-state index contributed by atoms with van der Waals surface area (Å²) in [5.74, 6) is 2.16. The second-order valence-electron chi connectivity index (χ2n) is 32.6.